The molecule has 0 nitrogen and oxygen atoms in total. The topological polar surface area (TPSA) is 0 Å². The molecule has 0 bridgehead atoms. The zero-order valence-corrected chi connectivity index (χ0v) is 13.5. The second-order valence-electron chi connectivity index (χ2n) is 3.66. The molecule has 0 aliphatic heterocycles. The van der Waals surface area contributed by atoms with Crippen molar-refractivity contribution in [1.29, 1.82) is 0 Å². The Morgan fingerprint density at radius 3 is 1.95 bits per heavy atom. The van der Waals surface area contributed by atoms with Gasteiger partial charge in [-0.15, -0.1) is 0 Å². The van der Waals surface area contributed by atoms with Crippen molar-refractivity contribution in [3.63, 3.8) is 0 Å². The van der Waals surface area contributed by atoms with Gasteiger partial charge >= 0.3 is 0 Å². The second-order valence-corrected chi connectivity index (χ2v) is 5.01. The molecule has 0 fully saturated rings. The van der Waals surface area contributed by atoms with Crippen LogP contribution in [0.3, 0.4) is 0 Å². The molecule has 2 aromatic carbocycles. The Morgan fingerprint density at radius 2 is 1.40 bits per heavy atom. The van der Waals surface area contributed by atoms with E-state index in [0.717, 1.165) is 11.1 Å². The molecule has 0 saturated heterocycles. The second kappa shape index (κ2) is 9.90. The normalized spacial score (nSPS) is 10.6. The molecule has 104 valence electrons. The molecule has 0 heterocycles. The van der Waals surface area contributed by atoms with Crippen LogP contribution < -0.4 is 0 Å². The molecule has 4 heteroatoms. The van der Waals surface area contributed by atoms with Crippen LogP contribution in [0.5, 0.6) is 0 Å². The van der Waals surface area contributed by atoms with Crippen molar-refractivity contribution in [2.45, 2.75) is 0 Å². The van der Waals surface area contributed by atoms with Crippen molar-refractivity contribution in [1.82, 2.24) is 0 Å². The first-order valence-corrected chi connectivity index (χ1v) is 7.34. The van der Waals surface area contributed by atoms with E-state index in [1.165, 1.54) is 11.1 Å². The number of benzene rings is 2. The van der Waals surface area contributed by atoms with Gasteiger partial charge in [-0.25, -0.2) is 0 Å². The summed E-state index contributed by atoms with van der Waals surface area (Å²) in [5, 5.41) is 1.23. The van der Waals surface area contributed by atoms with Gasteiger partial charge in [0.1, 0.15) is 0 Å². The first kappa shape index (κ1) is 17.1. The molecule has 0 atom stereocenters. The maximum Gasteiger partial charge on any atom is 0.0493 e. The highest BCUT2D eigenvalue weighted by atomic mass is 35.5. The van der Waals surface area contributed by atoms with E-state index in [0.29, 0.717) is 10.0 Å². The SMILES string of the molecule is ClC=Cc1ccc(Cl)cc1Cl.ClC=Cc1ccccc1. The number of halogens is 4. The van der Waals surface area contributed by atoms with Gasteiger partial charge in [-0.05, 0) is 35.4 Å². The van der Waals surface area contributed by atoms with E-state index in [1.54, 1.807) is 18.2 Å². The molecule has 0 aliphatic rings. The molecule has 0 N–H and O–H groups in total. The lowest BCUT2D eigenvalue weighted by molar-refractivity contribution is 1.66. The molecule has 2 aromatic rings. The van der Waals surface area contributed by atoms with Crippen LogP contribution in [-0.2, 0) is 0 Å². The van der Waals surface area contributed by atoms with Crippen LogP contribution >= 0.6 is 46.4 Å². The number of rotatable bonds is 2. The van der Waals surface area contributed by atoms with Crippen molar-refractivity contribution in [2.75, 3.05) is 0 Å². The van der Waals surface area contributed by atoms with Crippen molar-refractivity contribution >= 4 is 58.6 Å². The van der Waals surface area contributed by atoms with Crippen LogP contribution in [0.4, 0.5) is 0 Å². The van der Waals surface area contributed by atoms with Gasteiger partial charge in [0.05, 0.1) is 0 Å². The van der Waals surface area contributed by atoms with Crippen LogP contribution in [0.15, 0.2) is 59.6 Å². The summed E-state index contributed by atoms with van der Waals surface area (Å²) in [4.78, 5) is 0. The Balaban J connectivity index is 0.000000204. The predicted molar refractivity (Wildman–Crippen MR) is 92.7 cm³/mol. The van der Waals surface area contributed by atoms with Crippen LogP contribution in [0, 0.1) is 0 Å². The fraction of sp³-hybridized carbons (Fsp3) is 0. The molecule has 0 unspecified atom stereocenters. The van der Waals surface area contributed by atoms with Crippen LogP contribution in [0.1, 0.15) is 11.1 Å². The maximum absolute atomic E-state index is 5.81. The van der Waals surface area contributed by atoms with Crippen LogP contribution in [-0.4, -0.2) is 0 Å². The molecule has 0 aromatic heterocycles. The quantitative estimate of drug-likeness (QED) is 0.544. The molecule has 0 saturated carbocycles. The van der Waals surface area contributed by atoms with Crippen molar-refractivity contribution in [3.05, 3.63) is 80.8 Å². The smallest absolute Gasteiger partial charge is 0.0493 e. The summed E-state index contributed by atoms with van der Waals surface area (Å²) >= 11 is 22.2. The fourth-order valence-electron chi connectivity index (χ4n) is 1.34. The van der Waals surface area contributed by atoms with E-state index in [1.807, 2.05) is 42.5 Å². The van der Waals surface area contributed by atoms with E-state index in [9.17, 15) is 0 Å². The summed E-state index contributed by atoms with van der Waals surface area (Å²) < 4.78 is 0. The Kier molecular flexibility index (Phi) is 8.48. The summed E-state index contributed by atoms with van der Waals surface area (Å²) in [6.45, 7) is 0. The Morgan fingerprint density at radius 1 is 0.750 bits per heavy atom. The van der Waals surface area contributed by atoms with Gasteiger partial charge in [-0.2, -0.15) is 0 Å². The van der Waals surface area contributed by atoms with Gasteiger partial charge in [-0.1, -0.05) is 82.8 Å². The van der Waals surface area contributed by atoms with Gasteiger partial charge in [0.25, 0.3) is 0 Å². The lowest BCUT2D eigenvalue weighted by Crippen LogP contribution is -1.73. The average molecular weight is 346 g/mol. The van der Waals surface area contributed by atoms with Crippen molar-refractivity contribution in [3.8, 4) is 0 Å². The van der Waals surface area contributed by atoms with Gasteiger partial charge in [0.15, 0.2) is 0 Å². The Bertz CT molecular complexity index is 574. The summed E-state index contributed by atoms with van der Waals surface area (Å²) in [6.07, 6.45) is 3.56. The average Bonchev–Trinajstić information content (AvgIpc) is 2.44. The third kappa shape index (κ3) is 6.49. The molecule has 20 heavy (non-hydrogen) atoms. The molecule has 2 rings (SSSR count). The number of hydrogen-bond acceptors (Lipinski definition) is 0. The van der Waals surface area contributed by atoms with Crippen molar-refractivity contribution < 1.29 is 0 Å². The van der Waals surface area contributed by atoms with Crippen LogP contribution in [0.2, 0.25) is 10.0 Å². The zero-order valence-electron chi connectivity index (χ0n) is 10.4. The first-order chi connectivity index (χ1) is 9.67. The predicted octanol–water partition coefficient (Wildman–Crippen LogP) is 7.10. The zero-order chi connectivity index (χ0) is 14.8. The lowest BCUT2D eigenvalue weighted by Gasteiger charge is -1.96. The Hall–Kier alpha value is -0.920. The maximum atomic E-state index is 5.81. The highest BCUT2D eigenvalue weighted by Gasteiger charge is 1.95. The van der Waals surface area contributed by atoms with E-state index in [2.05, 4.69) is 0 Å². The summed E-state index contributed by atoms with van der Waals surface area (Å²) in [6, 6.07) is 15.2. The largest absolute Gasteiger partial charge is 0.0929 e. The monoisotopic (exact) mass is 344 g/mol. The highest BCUT2D eigenvalue weighted by molar-refractivity contribution is 6.36. The van der Waals surface area contributed by atoms with E-state index >= 15 is 0 Å². The fourth-order valence-corrected chi connectivity index (χ4v) is 2.09. The summed E-state index contributed by atoms with van der Waals surface area (Å²) in [5.74, 6) is 0. The lowest BCUT2D eigenvalue weighted by atomic mass is 10.2. The molecule has 0 radical (unpaired) electrons. The highest BCUT2D eigenvalue weighted by Crippen LogP contribution is 2.21. The minimum atomic E-state index is 0.606. The minimum Gasteiger partial charge on any atom is -0.0929 e. The number of hydrogen-bond donors (Lipinski definition) is 0. The Labute approximate surface area is 139 Å². The molecule has 0 aliphatic carbocycles. The van der Waals surface area contributed by atoms with E-state index in [4.69, 9.17) is 46.4 Å². The minimum absolute atomic E-state index is 0.606. The van der Waals surface area contributed by atoms with Gasteiger partial charge in [0.2, 0.25) is 0 Å². The summed E-state index contributed by atoms with van der Waals surface area (Å²) in [5.41, 5.74) is 4.92. The van der Waals surface area contributed by atoms with Gasteiger partial charge in [-0.3, -0.25) is 0 Å². The third-order valence-corrected chi connectivity index (χ3v) is 3.07. The molecule has 0 spiro atoms. The third-order valence-electron chi connectivity index (χ3n) is 2.26. The van der Waals surface area contributed by atoms with E-state index < -0.39 is 0 Å². The van der Waals surface area contributed by atoms with Crippen LogP contribution in [0.25, 0.3) is 12.2 Å². The summed E-state index contributed by atoms with van der Waals surface area (Å²) in [7, 11) is 0. The molecule has 0 amide bonds. The van der Waals surface area contributed by atoms with Gasteiger partial charge in [0, 0.05) is 21.1 Å². The van der Waals surface area contributed by atoms with E-state index in [-0.39, 0.29) is 0 Å². The molecular weight excluding hydrogens is 334 g/mol. The first-order valence-electron chi connectivity index (χ1n) is 5.71. The van der Waals surface area contributed by atoms with Gasteiger partial charge < -0.3 is 0 Å². The molecular formula is C16H12Cl4. The van der Waals surface area contributed by atoms with Crippen molar-refractivity contribution in [2.24, 2.45) is 0 Å². The standard InChI is InChI=1S/C8H5Cl3.C8H7Cl/c9-4-3-6-1-2-7(10)5-8(6)11;9-7-6-8-4-2-1-3-5-8/h1-5H;1-7H.